The Kier molecular flexibility index (Phi) is 11.0. The molecule has 0 bridgehead atoms. The zero-order chi connectivity index (χ0) is 17.9. The van der Waals surface area contributed by atoms with Gasteiger partial charge < -0.3 is 16.0 Å². The fraction of sp³-hybridized carbons (Fsp3) is 0.600. The van der Waals surface area contributed by atoms with E-state index in [1.807, 2.05) is 35.2 Å². The molecule has 26 heavy (non-hydrogen) atoms. The number of likely N-dealkylation sites (tertiary alicyclic amines) is 1. The van der Waals surface area contributed by atoms with Gasteiger partial charge in [0.15, 0.2) is 0 Å². The highest BCUT2D eigenvalue weighted by Gasteiger charge is 2.26. The molecule has 2 amide bonds. The topological polar surface area (TPSA) is 75.4 Å². The Morgan fingerprint density at radius 1 is 1.04 bits per heavy atom. The number of nitrogens with two attached hydrogens (primary N) is 1. The maximum Gasteiger partial charge on any atom is 0.223 e. The number of piperidine rings is 1. The van der Waals surface area contributed by atoms with Crippen LogP contribution >= 0.6 is 12.4 Å². The van der Waals surface area contributed by atoms with E-state index in [0.29, 0.717) is 26.1 Å². The largest absolute Gasteiger partial charge is 0.352 e. The Balaban J connectivity index is 0.00000338. The van der Waals surface area contributed by atoms with Crippen molar-refractivity contribution in [1.29, 1.82) is 0 Å². The first kappa shape index (κ1) is 22.5. The minimum absolute atomic E-state index is 0. The Hall–Kier alpha value is -1.59. The van der Waals surface area contributed by atoms with Gasteiger partial charge in [0.25, 0.3) is 0 Å². The highest BCUT2D eigenvalue weighted by molar-refractivity contribution is 5.85. The van der Waals surface area contributed by atoms with Crippen molar-refractivity contribution in [2.45, 2.75) is 51.5 Å². The normalized spacial score (nSPS) is 14.6. The lowest BCUT2D eigenvalue weighted by molar-refractivity contribution is -0.135. The molecule has 0 unspecified atom stereocenters. The van der Waals surface area contributed by atoms with Gasteiger partial charge in [0.2, 0.25) is 11.8 Å². The van der Waals surface area contributed by atoms with Gasteiger partial charge in [-0.15, -0.1) is 12.4 Å². The fourth-order valence-corrected chi connectivity index (χ4v) is 3.25. The lowest BCUT2D eigenvalue weighted by atomic mass is 9.95. The molecule has 1 aliphatic rings. The van der Waals surface area contributed by atoms with Crippen LogP contribution in [0.1, 0.15) is 50.5 Å². The molecule has 1 heterocycles. The van der Waals surface area contributed by atoms with Crippen LogP contribution in [-0.2, 0) is 16.1 Å². The molecule has 2 rings (SSSR count). The molecule has 0 aliphatic carbocycles. The standard InChI is InChI=1S/C20H31N3O2.ClH/c21-13-7-2-1-6-10-19(24)23-14-11-18(12-15-23)20(25)22-16-17-8-4-3-5-9-17;/h3-5,8-9,18H,1-2,6-7,10-16,21H2,(H,22,25);1H. The maximum atomic E-state index is 12.3. The Bertz CT molecular complexity index is 531. The van der Waals surface area contributed by atoms with E-state index >= 15 is 0 Å². The van der Waals surface area contributed by atoms with E-state index in [-0.39, 0.29) is 30.1 Å². The predicted molar refractivity (Wildman–Crippen MR) is 107 cm³/mol. The second-order valence-electron chi connectivity index (χ2n) is 6.81. The van der Waals surface area contributed by atoms with Gasteiger partial charge in [0, 0.05) is 32.0 Å². The molecular formula is C20H32ClN3O2. The summed E-state index contributed by atoms with van der Waals surface area (Å²) in [6.07, 6.45) is 6.30. The lowest BCUT2D eigenvalue weighted by Crippen LogP contribution is -2.42. The molecule has 0 atom stereocenters. The van der Waals surface area contributed by atoms with Crippen LogP contribution in [0.4, 0.5) is 0 Å². The molecule has 6 heteroatoms. The maximum absolute atomic E-state index is 12.3. The molecular weight excluding hydrogens is 350 g/mol. The third-order valence-corrected chi connectivity index (χ3v) is 4.87. The van der Waals surface area contributed by atoms with Crippen LogP contribution in [-0.4, -0.2) is 36.3 Å². The zero-order valence-electron chi connectivity index (χ0n) is 15.5. The van der Waals surface area contributed by atoms with E-state index in [9.17, 15) is 9.59 Å². The number of nitrogens with one attached hydrogen (secondary N) is 1. The third kappa shape index (κ3) is 7.75. The van der Waals surface area contributed by atoms with E-state index < -0.39 is 0 Å². The first-order chi connectivity index (χ1) is 12.2. The summed E-state index contributed by atoms with van der Waals surface area (Å²) >= 11 is 0. The van der Waals surface area contributed by atoms with Gasteiger partial charge in [-0.1, -0.05) is 43.2 Å². The molecule has 3 N–H and O–H groups in total. The Labute approximate surface area is 163 Å². The third-order valence-electron chi connectivity index (χ3n) is 4.87. The van der Waals surface area contributed by atoms with Crippen molar-refractivity contribution in [3.05, 3.63) is 35.9 Å². The van der Waals surface area contributed by atoms with Gasteiger partial charge in [0.1, 0.15) is 0 Å². The van der Waals surface area contributed by atoms with Crippen LogP contribution in [0.3, 0.4) is 0 Å². The molecule has 0 spiro atoms. The molecule has 1 aromatic rings. The van der Waals surface area contributed by atoms with E-state index in [1.165, 1.54) is 0 Å². The van der Waals surface area contributed by atoms with Crippen LogP contribution in [0.15, 0.2) is 30.3 Å². The molecule has 1 saturated heterocycles. The second kappa shape index (κ2) is 12.7. The van der Waals surface area contributed by atoms with Crippen LogP contribution in [0.5, 0.6) is 0 Å². The summed E-state index contributed by atoms with van der Waals surface area (Å²) in [4.78, 5) is 26.4. The smallest absolute Gasteiger partial charge is 0.223 e. The summed E-state index contributed by atoms with van der Waals surface area (Å²) in [5, 5.41) is 3.01. The number of nitrogens with zero attached hydrogens (tertiary/aromatic N) is 1. The van der Waals surface area contributed by atoms with Crippen molar-refractivity contribution in [3.63, 3.8) is 0 Å². The zero-order valence-corrected chi connectivity index (χ0v) is 16.3. The second-order valence-corrected chi connectivity index (χ2v) is 6.81. The Morgan fingerprint density at radius 3 is 2.35 bits per heavy atom. The lowest BCUT2D eigenvalue weighted by Gasteiger charge is -2.31. The molecule has 1 aliphatic heterocycles. The summed E-state index contributed by atoms with van der Waals surface area (Å²) in [5.74, 6) is 0.367. The number of unbranched alkanes of at least 4 members (excludes halogenated alkanes) is 3. The van der Waals surface area contributed by atoms with E-state index in [4.69, 9.17) is 5.73 Å². The number of hydrogen-bond donors (Lipinski definition) is 2. The summed E-state index contributed by atoms with van der Waals surface area (Å²) in [6.45, 7) is 2.70. The molecule has 0 saturated carbocycles. The monoisotopic (exact) mass is 381 g/mol. The minimum Gasteiger partial charge on any atom is -0.352 e. The van der Waals surface area contributed by atoms with Crippen molar-refractivity contribution in [2.75, 3.05) is 19.6 Å². The number of amides is 2. The molecule has 0 radical (unpaired) electrons. The van der Waals surface area contributed by atoms with Gasteiger partial charge >= 0.3 is 0 Å². The first-order valence-electron chi connectivity index (χ1n) is 9.50. The van der Waals surface area contributed by atoms with Gasteiger partial charge in [-0.3, -0.25) is 9.59 Å². The number of halogens is 1. The van der Waals surface area contributed by atoms with E-state index in [2.05, 4.69) is 5.32 Å². The predicted octanol–water partition coefficient (Wildman–Crippen LogP) is 2.87. The average Bonchev–Trinajstić information content (AvgIpc) is 2.66. The van der Waals surface area contributed by atoms with Gasteiger partial charge in [-0.25, -0.2) is 0 Å². The van der Waals surface area contributed by atoms with Gasteiger partial charge in [0.05, 0.1) is 0 Å². The highest BCUT2D eigenvalue weighted by atomic mass is 35.5. The van der Waals surface area contributed by atoms with Gasteiger partial charge in [-0.05, 0) is 37.8 Å². The first-order valence-corrected chi connectivity index (χ1v) is 9.50. The van der Waals surface area contributed by atoms with Crippen LogP contribution in [0.2, 0.25) is 0 Å². The molecule has 1 fully saturated rings. The van der Waals surface area contributed by atoms with Crippen molar-refractivity contribution >= 4 is 24.2 Å². The van der Waals surface area contributed by atoms with Crippen molar-refractivity contribution < 1.29 is 9.59 Å². The molecule has 1 aromatic carbocycles. The van der Waals surface area contributed by atoms with Crippen LogP contribution in [0.25, 0.3) is 0 Å². The highest BCUT2D eigenvalue weighted by Crippen LogP contribution is 2.19. The SMILES string of the molecule is Cl.NCCCCCCC(=O)N1CCC(C(=O)NCc2ccccc2)CC1. The number of rotatable bonds is 9. The van der Waals surface area contributed by atoms with Crippen molar-refractivity contribution in [3.8, 4) is 0 Å². The number of benzene rings is 1. The molecule has 146 valence electrons. The van der Waals surface area contributed by atoms with Crippen molar-refractivity contribution in [2.24, 2.45) is 11.7 Å². The average molecular weight is 382 g/mol. The molecule has 5 nitrogen and oxygen atoms in total. The van der Waals surface area contributed by atoms with Crippen molar-refractivity contribution in [1.82, 2.24) is 10.2 Å². The number of carbonyl (C=O) groups excluding carboxylic acids is 2. The van der Waals surface area contributed by atoms with E-state index in [1.54, 1.807) is 0 Å². The quantitative estimate of drug-likeness (QED) is 0.646. The molecule has 0 aromatic heterocycles. The van der Waals surface area contributed by atoms with Gasteiger partial charge in [-0.2, -0.15) is 0 Å². The number of carbonyl (C=O) groups is 2. The summed E-state index contributed by atoms with van der Waals surface area (Å²) in [6, 6.07) is 9.93. The fourth-order valence-electron chi connectivity index (χ4n) is 3.25. The Morgan fingerprint density at radius 2 is 1.69 bits per heavy atom. The number of hydrogen-bond acceptors (Lipinski definition) is 3. The van der Waals surface area contributed by atoms with Crippen LogP contribution < -0.4 is 11.1 Å². The minimum atomic E-state index is 0. The summed E-state index contributed by atoms with van der Waals surface area (Å²) in [5.41, 5.74) is 6.58. The van der Waals surface area contributed by atoms with Crippen LogP contribution in [0, 0.1) is 5.92 Å². The summed E-state index contributed by atoms with van der Waals surface area (Å²) < 4.78 is 0. The summed E-state index contributed by atoms with van der Waals surface area (Å²) in [7, 11) is 0. The van der Waals surface area contributed by atoms with E-state index in [0.717, 1.165) is 50.6 Å².